The van der Waals surface area contributed by atoms with E-state index in [1.165, 1.54) is 11.0 Å². The summed E-state index contributed by atoms with van der Waals surface area (Å²) >= 11 is 0. The number of imide groups is 1. The zero-order valence-electron chi connectivity index (χ0n) is 18.9. The largest absolute Gasteiger partial charge is 0.488 e. The number of carbonyl (C=O) groups excluding carboxylic acids is 2. The highest BCUT2D eigenvalue weighted by atomic mass is 19.1. The van der Waals surface area contributed by atoms with E-state index in [0.29, 0.717) is 19.6 Å². The topological polar surface area (TPSA) is 100 Å². The van der Waals surface area contributed by atoms with Gasteiger partial charge < -0.3 is 24.8 Å². The van der Waals surface area contributed by atoms with Crippen molar-refractivity contribution in [2.24, 2.45) is 0 Å². The number of ether oxygens (including phenoxy) is 2. The van der Waals surface area contributed by atoms with Crippen molar-refractivity contribution >= 4 is 11.9 Å². The number of benzene rings is 1. The van der Waals surface area contributed by atoms with Gasteiger partial charge in [-0.15, -0.1) is 0 Å². The van der Waals surface area contributed by atoms with Crippen LogP contribution in [-0.4, -0.2) is 60.6 Å². The summed E-state index contributed by atoms with van der Waals surface area (Å²) in [4.78, 5) is 24.2. The molecule has 3 N–H and O–H groups in total. The molecule has 2 aliphatic rings. The second kappa shape index (κ2) is 10.6. The molecule has 1 heterocycles. The monoisotopic (exact) mass is 451 g/mol. The molecule has 0 atom stereocenters. The molecule has 1 aromatic carbocycles. The summed E-state index contributed by atoms with van der Waals surface area (Å²) in [5, 5.41) is 15.7. The third-order valence-corrected chi connectivity index (χ3v) is 5.63. The van der Waals surface area contributed by atoms with Crippen LogP contribution in [0.1, 0.15) is 57.9 Å². The highest BCUT2D eigenvalue weighted by Crippen LogP contribution is 2.46. The van der Waals surface area contributed by atoms with Crippen LogP contribution in [0.25, 0.3) is 0 Å². The van der Waals surface area contributed by atoms with Gasteiger partial charge >= 0.3 is 6.03 Å². The quantitative estimate of drug-likeness (QED) is 0.399. The number of carbonyl (C=O) groups is 2. The second-order valence-electron chi connectivity index (χ2n) is 9.22. The van der Waals surface area contributed by atoms with E-state index >= 15 is 0 Å². The van der Waals surface area contributed by atoms with Gasteiger partial charge in [0, 0.05) is 25.1 Å². The fourth-order valence-electron chi connectivity index (χ4n) is 3.59. The van der Waals surface area contributed by atoms with Crippen LogP contribution in [0.15, 0.2) is 18.2 Å². The van der Waals surface area contributed by atoms with Crippen LogP contribution < -0.4 is 15.4 Å². The number of hydrogen-bond acceptors (Lipinski definition) is 6. The molecule has 1 aromatic rings. The van der Waals surface area contributed by atoms with Crippen molar-refractivity contribution in [3.05, 3.63) is 29.6 Å². The predicted octanol–water partition coefficient (Wildman–Crippen LogP) is 2.64. The van der Waals surface area contributed by atoms with Crippen molar-refractivity contribution in [1.29, 1.82) is 0 Å². The molecule has 0 aromatic heterocycles. The summed E-state index contributed by atoms with van der Waals surface area (Å²) in [6.07, 6.45) is 5.14. The zero-order chi connectivity index (χ0) is 23.2. The molecular formula is C23H34FN3O5. The maximum Gasteiger partial charge on any atom is 0.325 e. The standard InChI is InChI=1S/C23H34FN3O5/c1-22(2,30)15-32-19-14-17(6-7-18(19)24)23(9-10-23)25-11-4-3-5-13-31-16-27-12-8-20(28)26-21(27)29/h6-7,14,25,30H,3-5,8-13,15-16H2,1-2H3,(H,26,28,29). The minimum absolute atomic E-state index is 0.0242. The minimum atomic E-state index is -1.03. The Hall–Kier alpha value is -2.23. The van der Waals surface area contributed by atoms with Crippen LogP contribution in [0.3, 0.4) is 0 Å². The number of hydrogen-bond donors (Lipinski definition) is 3. The van der Waals surface area contributed by atoms with E-state index < -0.39 is 17.4 Å². The van der Waals surface area contributed by atoms with Gasteiger partial charge in [0.25, 0.3) is 0 Å². The molecule has 2 fully saturated rings. The Kier molecular flexibility index (Phi) is 8.08. The van der Waals surface area contributed by atoms with Gasteiger partial charge in [-0.3, -0.25) is 10.1 Å². The van der Waals surface area contributed by atoms with Crippen LogP contribution >= 0.6 is 0 Å². The van der Waals surface area contributed by atoms with Crippen molar-refractivity contribution in [2.75, 3.05) is 33.0 Å². The molecule has 0 radical (unpaired) electrons. The molecule has 32 heavy (non-hydrogen) atoms. The van der Waals surface area contributed by atoms with E-state index in [4.69, 9.17) is 9.47 Å². The van der Waals surface area contributed by atoms with Gasteiger partial charge in [0.05, 0.1) is 5.60 Å². The van der Waals surface area contributed by atoms with E-state index in [0.717, 1.165) is 44.2 Å². The molecule has 0 unspecified atom stereocenters. The molecule has 1 aliphatic heterocycles. The lowest BCUT2D eigenvalue weighted by Gasteiger charge is -2.26. The number of amides is 3. The first-order valence-corrected chi connectivity index (χ1v) is 11.3. The number of aliphatic hydroxyl groups is 1. The van der Waals surface area contributed by atoms with Gasteiger partial charge in [-0.05, 0) is 70.2 Å². The number of rotatable bonds is 13. The maximum absolute atomic E-state index is 14.1. The van der Waals surface area contributed by atoms with Crippen molar-refractivity contribution in [3.8, 4) is 5.75 Å². The fourth-order valence-corrected chi connectivity index (χ4v) is 3.59. The molecule has 8 nitrogen and oxygen atoms in total. The Morgan fingerprint density at radius 1 is 1.25 bits per heavy atom. The minimum Gasteiger partial charge on any atom is -0.488 e. The highest BCUT2D eigenvalue weighted by Gasteiger charge is 2.44. The molecule has 3 amide bonds. The predicted molar refractivity (Wildman–Crippen MR) is 117 cm³/mol. The zero-order valence-corrected chi connectivity index (χ0v) is 18.9. The summed E-state index contributed by atoms with van der Waals surface area (Å²) in [6.45, 7) is 5.26. The van der Waals surface area contributed by atoms with E-state index in [1.54, 1.807) is 26.0 Å². The highest BCUT2D eigenvalue weighted by molar-refractivity contribution is 5.96. The van der Waals surface area contributed by atoms with Crippen LogP contribution in [0.5, 0.6) is 5.75 Å². The first-order chi connectivity index (χ1) is 15.2. The lowest BCUT2D eigenvalue weighted by Crippen LogP contribution is -2.50. The lowest BCUT2D eigenvalue weighted by atomic mass is 10.0. The summed E-state index contributed by atoms with van der Waals surface area (Å²) in [5.74, 6) is -0.505. The van der Waals surface area contributed by atoms with Gasteiger partial charge in [-0.25, -0.2) is 9.18 Å². The molecule has 9 heteroatoms. The molecule has 0 spiro atoms. The smallest absolute Gasteiger partial charge is 0.325 e. The van der Waals surface area contributed by atoms with Crippen molar-refractivity contribution < 1.29 is 28.6 Å². The van der Waals surface area contributed by atoms with Crippen LogP contribution in [0.4, 0.5) is 9.18 Å². The number of nitrogens with one attached hydrogen (secondary N) is 2. The molecular weight excluding hydrogens is 417 g/mol. The summed E-state index contributed by atoms with van der Waals surface area (Å²) in [5.41, 5.74) is -0.150. The summed E-state index contributed by atoms with van der Waals surface area (Å²) < 4.78 is 25.1. The Morgan fingerprint density at radius 3 is 2.72 bits per heavy atom. The van der Waals surface area contributed by atoms with Crippen LogP contribution in [0.2, 0.25) is 0 Å². The molecule has 3 rings (SSSR count). The summed E-state index contributed by atoms with van der Waals surface area (Å²) in [7, 11) is 0. The maximum atomic E-state index is 14.1. The fraction of sp³-hybridized carbons (Fsp3) is 0.652. The molecule has 1 aliphatic carbocycles. The van der Waals surface area contributed by atoms with Gasteiger partial charge in [0.2, 0.25) is 5.91 Å². The van der Waals surface area contributed by atoms with E-state index in [2.05, 4.69) is 10.6 Å². The Balaban J connectivity index is 1.33. The molecule has 0 bridgehead atoms. The second-order valence-corrected chi connectivity index (χ2v) is 9.22. The first-order valence-electron chi connectivity index (χ1n) is 11.3. The molecule has 178 valence electrons. The van der Waals surface area contributed by atoms with Gasteiger partial charge in [0.15, 0.2) is 11.6 Å². The third-order valence-electron chi connectivity index (χ3n) is 5.63. The van der Waals surface area contributed by atoms with Crippen molar-refractivity contribution in [1.82, 2.24) is 15.5 Å². The molecule has 1 saturated carbocycles. The molecule has 1 saturated heterocycles. The van der Waals surface area contributed by atoms with Gasteiger partial charge in [-0.1, -0.05) is 6.07 Å². The van der Waals surface area contributed by atoms with Crippen molar-refractivity contribution in [3.63, 3.8) is 0 Å². The Bertz CT molecular complexity index is 807. The van der Waals surface area contributed by atoms with Crippen molar-refractivity contribution in [2.45, 2.75) is 63.5 Å². The number of unbranched alkanes of at least 4 members (excludes halogenated alkanes) is 2. The Morgan fingerprint density at radius 2 is 2.03 bits per heavy atom. The number of halogens is 1. The SMILES string of the molecule is CC(C)(O)COc1cc(C2(NCCCCCOCN3CCC(=O)NC3=O)CC2)ccc1F. The average Bonchev–Trinajstić information content (AvgIpc) is 3.51. The van der Waals surface area contributed by atoms with Gasteiger partial charge in [-0.2, -0.15) is 0 Å². The lowest BCUT2D eigenvalue weighted by molar-refractivity contribution is -0.122. The summed E-state index contributed by atoms with van der Waals surface area (Å²) in [6, 6.07) is 4.56. The third kappa shape index (κ3) is 7.15. The van der Waals surface area contributed by atoms with Crippen LogP contribution in [-0.2, 0) is 15.1 Å². The average molecular weight is 452 g/mol. The van der Waals surface area contributed by atoms with Crippen LogP contribution in [0, 0.1) is 5.82 Å². The van der Waals surface area contributed by atoms with Gasteiger partial charge in [0.1, 0.15) is 13.3 Å². The van der Waals surface area contributed by atoms with E-state index in [-0.39, 0.29) is 30.5 Å². The normalized spacial score (nSPS) is 17.9. The Labute approximate surface area is 188 Å². The number of nitrogens with zero attached hydrogens (tertiary/aromatic N) is 1. The van der Waals surface area contributed by atoms with E-state index in [1.807, 2.05) is 0 Å². The first kappa shape index (κ1) is 24.4. The van der Waals surface area contributed by atoms with E-state index in [9.17, 15) is 19.1 Å². The number of urea groups is 1.